The molecule has 3 atom stereocenters. The molecule has 0 bridgehead atoms. The minimum absolute atomic E-state index is 0.146. The fourth-order valence-electron chi connectivity index (χ4n) is 1.83. The average Bonchev–Trinajstić information content (AvgIpc) is 2.16. The summed E-state index contributed by atoms with van der Waals surface area (Å²) in [5.74, 6) is -0.306. The van der Waals surface area contributed by atoms with Crippen LogP contribution in [-0.2, 0) is 19.0 Å². The fourth-order valence-corrected chi connectivity index (χ4v) is 1.83. The van der Waals surface area contributed by atoms with E-state index >= 15 is 0 Å². The standard InChI is InChI=1S/C10H19NO4/c1-7(12)15-9-8(11(2)3)5-6-14-10(9)13-4/h8-10H,5-6H2,1-4H3/t8-,9+,10+/m1/s1. The first kappa shape index (κ1) is 12.4. The van der Waals surface area contributed by atoms with Crippen LogP contribution in [-0.4, -0.2) is 57.1 Å². The van der Waals surface area contributed by atoms with Crippen LogP contribution in [0, 0.1) is 0 Å². The molecule has 0 radical (unpaired) electrons. The van der Waals surface area contributed by atoms with Gasteiger partial charge in [-0.15, -0.1) is 0 Å². The molecule has 0 N–H and O–H groups in total. The molecule has 1 aliphatic rings. The van der Waals surface area contributed by atoms with Gasteiger partial charge >= 0.3 is 5.97 Å². The quantitative estimate of drug-likeness (QED) is 0.634. The Balaban J connectivity index is 2.71. The van der Waals surface area contributed by atoms with E-state index in [1.165, 1.54) is 6.92 Å². The van der Waals surface area contributed by atoms with Gasteiger partial charge in [-0.2, -0.15) is 0 Å². The van der Waals surface area contributed by atoms with Crippen molar-refractivity contribution in [3.05, 3.63) is 0 Å². The number of hydrogen-bond donors (Lipinski definition) is 0. The van der Waals surface area contributed by atoms with Crippen molar-refractivity contribution in [2.24, 2.45) is 0 Å². The highest BCUT2D eigenvalue weighted by Gasteiger charge is 2.38. The number of esters is 1. The summed E-state index contributed by atoms with van der Waals surface area (Å²) in [6.07, 6.45) is 0.0245. The Hall–Kier alpha value is -0.650. The molecule has 5 heteroatoms. The fraction of sp³-hybridized carbons (Fsp3) is 0.900. The number of carbonyl (C=O) groups excluding carboxylic acids is 1. The zero-order valence-electron chi connectivity index (χ0n) is 9.73. The zero-order chi connectivity index (χ0) is 11.4. The van der Waals surface area contributed by atoms with Crippen molar-refractivity contribution >= 4 is 5.97 Å². The summed E-state index contributed by atoms with van der Waals surface area (Å²) in [5, 5.41) is 0. The molecule has 0 spiro atoms. The number of likely N-dealkylation sites (N-methyl/N-ethyl adjacent to an activating group) is 1. The van der Waals surface area contributed by atoms with Crippen LogP contribution in [0.4, 0.5) is 0 Å². The van der Waals surface area contributed by atoms with Crippen LogP contribution >= 0.6 is 0 Å². The molecule has 1 aliphatic heterocycles. The molecule has 1 fully saturated rings. The smallest absolute Gasteiger partial charge is 0.303 e. The molecular weight excluding hydrogens is 198 g/mol. The first-order valence-electron chi connectivity index (χ1n) is 5.04. The molecule has 0 aromatic rings. The van der Waals surface area contributed by atoms with Crippen molar-refractivity contribution in [1.29, 1.82) is 0 Å². The van der Waals surface area contributed by atoms with E-state index in [4.69, 9.17) is 14.2 Å². The SMILES string of the molecule is CO[C@H]1OCC[C@@H](N(C)C)[C@@H]1OC(C)=O. The Kier molecular flexibility index (Phi) is 4.50. The number of methoxy groups -OCH3 is 1. The molecule has 0 saturated carbocycles. The highest BCUT2D eigenvalue weighted by Crippen LogP contribution is 2.21. The predicted molar refractivity (Wildman–Crippen MR) is 54.4 cm³/mol. The van der Waals surface area contributed by atoms with Gasteiger partial charge in [0.1, 0.15) is 0 Å². The Morgan fingerprint density at radius 3 is 2.60 bits per heavy atom. The average molecular weight is 217 g/mol. The summed E-state index contributed by atoms with van der Waals surface area (Å²) in [4.78, 5) is 13.0. The number of nitrogens with zero attached hydrogens (tertiary/aromatic N) is 1. The maximum absolute atomic E-state index is 11.0. The first-order chi connectivity index (χ1) is 7.06. The minimum Gasteiger partial charge on any atom is -0.455 e. The summed E-state index contributed by atoms with van der Waals surface area (Å²) in [5.41, 5.74) is 0. The lowest BCUT2D eigenvalue weighted by Gasteiger charge is -2.39. The second-order valence-corrected chi connectivity index (χ2v) is 3.87. The first-order valence-corrected chi connectivity index (χ1v) is 5.04. The highest BCUT2D eigenvalue weighted by atomic mass is 16.7. The van der Waals surface area contributed by atoms with E-state index in [1.807, 2.05) is 19.0 Å². The van der Waals surface area contributed by atoms with Crippen molar-refractivity contribution in [1.82, 2.24) is 4.90 Å². The van der Waals surface area contributed by atoms with Crippen LogP contribution in [0.5, 0.6) is 0 Å². The molecule has 0 aromatic carbocycles. The van der Waals surface area contributed by atoms with E-state index in [-0.39, 0.29) is 18.1 Å². The van der Waals surface area contributed by atoms with Crippen LogP contribution in [0.15, 0.2) is 0 Å². The molecule has 0 amide bonds. The number of hydrogen-bond acceptors (Lipinski definition) is 5. The lowest BCUT2D eigenvalue weighted by Crippen LogP contribution is -2.53. The molecule has 0 aromatic heterocycles. The van der Waals surface area contributed by atoms with E-state index in [1.54, 1.807) is 7.11 Å². The second kappa shape index (κ2) is 5.44. The van der Waals surface area contributed by atoms with Crippen LogP contribution in [0.1, 0.15) is 13.3 Å². The van der Waals surface area contributed by atoms with Crippen molar-refractivity contribution in [3.63, 3.8) is 0 Å². The van der Waals surface area contributed by atoms with Gasteiger partial charge in [0.25, 0.3) is 0 Å². The predicted octanol–water partition coefficient (Wildman–Crippen LogP) is 0.241. The van der Waals surface area contributed by atoms with Crippen LogP contribution < -0.4 is 0 Å². The van der Waals surface area contributed by atoms with Gasteiger partial charge in [-0.3, -0.25) is 4.79 Å². The molecule has 0 unspecified atom stereocenters. The van der Waals surface area contributed by atoms with Crippen molar-refractivity contribution in [3.8, 4) is 0 Å². The van der Waals surface area contributed by atoms with Gasteiger partial charge in [0.2, 0.25) is 0 Å². The van der Waals surface area contributed by atoms with Crippen molar-refractivity contribution < 1.29 is 19.0 Å². The van der Waals surface area contributed by atoms with Gasteiger partial charge in [-0.1, -0.05) is 0 Å². The van der Waals surface area contributed by atoms with Gasteiger partial charge in [0.05, 0.1) is 12.6 Å². The maximum atomic E-state index is 11.0. The summed E-state index contributed by atoms with van der Waals surface area (Å²) in [7, 11) is 5.47. The van der Waals surface area contributed by atoms with Gasteiger partial charge < -0.3 is 19.1 Å². The molecule has 88 valence electrons. The molecule has 0 aliphatic carbocycles. The Morgan fingerprint density at radius 2 is 2.13 bits per heavy atom. The van der Waals surface area contributed by atoms with Crippen molar-refractivity contribution in [2.75, 3.05) is 27.8 Å². The van der Waals surface area contributed by atoms with E-state index in [0.717, 1.165) is 6.42 Å². The summed E-state index contributed by atoms with van der Waals surface area (Å²) in [6, 6.07) is 0.146. The zero-order valence-corrected chi connectivity index (χ0v) is 9.73. The van der Waals surface area contributed by atoms with E-state index in [2.05, 4.69) is 0 Å². The van der Waals surface area contributed by atoms with Gasteiger partial charge in [-0.25, -0.2) is 0 Å². The number of ether oxygens (including phenoxy) is 3. The minimum atomic E-state index is -0.463. The molecule has 5 nitrogen and oxygen atoms in total. The normalized spacial score (nSPS) is 31.7. The summed E-state index contributed by atoms with van der Waals surface area (Å²) >= 11 is 0. The molecule has 1 rings (SSSR count). The second-order valence-electron chi connectivity index (χ2n) is 3.87. The van der Waals surface area contributed by atoms with Crippen molar-refractivity contribution in [2.45, 2.75) is 31.8 Å². The highest BCUT2D eigenvalue weighted by molar-refractivity contribution is 5.66. The summed E-state index contributed by atoms with van der Waals surface area (Å²) in [6.45, 7) is 2.02. The molecule has 1 saturated heterocycles. The summed E-state index contributed by atoms with van der Waals surface area (Å²) < 4.78 is 15.8. The molecular formula is C10H19NO4. The van der Waals surface area contributed by atoms with Crippen LogP contribution in [0.25, 0.3) is 0 Å². The van der Waals surface area contributed by atoms with E-state index in [9.17, 15) is 4.79 Å². The number of carbonyl (C=O) groups is 1. The Morgan fingerprint density at radius 1 is 1.47 bits per heavy atom. The third-order valence-electron chi connectivity index (χ3n) is 2.54. The third kappa shape index (κ3) is 3.15. The van der Waals surface area contributed by atoms with Gasteiger partial charge in [-0.05, 0) is 20.5 Å². The lowest BCUT2D eigenvalue weighted by atomic mass is 10.0. The largest absolute Gasteiger partial charge is 0.455 e. The van der Waals surface area contributed by atoms with E-state index < -0.39 is 6.29 Å². The molecule has 1 heterocycles. The molecule has 15 heavy (non-hydrogen) atoms. The number of rotatable bonds is 3. The topological polar surface area (TPSA) is 48.0 Å². The maximum Gasteiger partial charge on any atom is 0.303 e. The van der Waals surface area contributed by atoms with Gasteiger partial charge in [0, 0.05) is 14.0 Å². The van der Waals surface area contributed by atoms with Crippen LogP contribution in [0.2, 0.25) is 0 Å². The third-order valence-corrected chi connectivity index (χ3v) is 2.54. The Bertz CT molecular complexity index is 219. The monoisotopic (exact) mass is 217 g/mol. The van der Waals surface area contributed by atoms with Gasteiger partial charge in [0.15, 0.2) is 12.4 Å². The van der Waals surface area contributed by atoms with Crippen LogP contribution in [0.3, 0.4) is 0 Å². The Labute approximate surface area is 90.3 Å². The van der Waals surface area contributed by atoms with E-state index in [0.29, 0.717) is 6.61 Å². The lowest BCUT2D eigenvalue weighted by molar-refractivity contribution is -0.231.